The van der Waals surface area contributed by atoms with Crippen LogP contribution < -0.4 is 5.32 Å². The summed E-state index contributed by atoms with van der Waals surface area (Å²) in [5, 5.41) is 3.59. The average Bonchev–Trinajstić information content (AvgIpc) is 3.11. The van der Waals surface area contributed by atoms with Crippen LogP contribution >= 0.6 is 15.9 Å². The Morgan fingerprint density at radius 3 is 2.65 bits per heavy atom. The summed E-state index contributed by atoms with van der Waals surface area (Å²) in [4.78, 5) is 4.49. The molecule has 1 unspecified atom stereocenters. The van der Waals surface area contributed by atoms with E-state index >= 15 is 0 Å². The highest BCUT2D eigenvalue weighted by Crippen LogP contribution is 2.26. The Morgan fingerprint density at radius 2 is 1.95 bits per heavy atom. The van der Waals surface area contributed by atoms with Crippen molar-refractivity contribution < 1.29 is 0 Å². The molecule has 0 saturated heterocycles. The van der Waals surface area contributed by atoms with Crippen LogP contribution in [0.5, 0.6) is 0 Å². The zero-order chi connectivity index (χ0) is 13.9. The number of rotatable bonds is 4. The van der Waals surface area contributed by atoms with Crippen molar-refractivity contribution in [2.75, 3.05) is 5.32 Å². The molecule has 0 bridgehead atoms. The largest absolute Gasteiger partial charge is 0.353 e. The van der Waals surface area contributed by atoms with Gasteiger partial charge >= 0.3 is 0 Å². The molecular formula is C16H20BrN3. The Balaban J connectivity index is 1.79. The Bertz CT molecular complexity index is 555. The summed E-state index contributed by atoms with van der Waals surface area (Å²) in [6, 6.07) is 9.38. The molecule has 4 heteroatoms. The number of halogens is 1. The average molecular weight is 334 g/mol. The second kappa shape index (κ2) is 6.00. The van der Waals surface area contributed by atoms with E-state index in [1.165, 1.54) is 31.2 Å². The molecule has 106 valence electrons. The van der Waals surface area contributed by atoms with Crippen LogP contribution in [0.15, 0.2) is 41.1 Å². The van der Waals surface area contributed by atoms with Gasteiger partial charge in [0.05, 0.1) is 6.04 Å². The maximum absolute atomic E-state index is 4.49. The molecule has 0 spiro atoms. The molecule has 1 aromatic carbocycles. The topological polar surface area (TPSA) is 29.9 Å². The lowest BCUT2D eigenvalue weighted by Crippen LogP contribution is -2.19. The van der Waals surface area contributed by atoms with Gasteiger partial charge in [-0.25, -0.2) is 4.98 Å². The second-order valence-corrected chi connectivity index (χ2v) is 6.43. The molecule has 3 nitrogen and oxygen atoms in total. The Hall–Kier alpha value is -1.29. The summed E-state index contributed by atoms with van der Waals surface area (Å²) in [6.07, 6.45) is 9.14. The van der Waals surface area contributed by atoms with Crippen molar-refractivity contribution in [2.45, 2.75) is 44.7 Å². The fraction of sp³-hybridized carbons (Fsp3) is 0.438. The van der Waals surface area contributed by atoms with Crippen molar-refractivity contribution >= 4 is 21.9 Å². The third kappa shape index (κ3) is 2.90. The van der Waals surface area contributed by atoms with Crippen molar-refractivity contribution in [1.82, 2.24) is 9.55 Å². The molecular weight excluding hydrogens is 314 g/mol. The molecule has 3 rings (SSSR count). The maximum atomic E-state index is 4.49. The number of benzene rings is 1. The van der Waals surface area contributed by atoms with E-state index in [-0.39, 0.29) is 6.04 Å². The minimum Gasteiger partial charge on any atom is -0.353 e. The number of nitrogens with zero attached hydrogens (tertiary/aromatic N) is 2. The van der Waals surface area contributed by atoms with E-state index in [1.54, 1.807) is 0 Å². The molecule has 1 aliphatic rings. The van der Waals surface area contributed by atoms with E-state index in [9.17, 15) is 0 Å². The van der Waals surface area contributed by atoms with Crippen LogP contribution in [0.3, 0.4) is 0 Å². The Morgan fingerprint density at radius 1 is 1.25 bits per heavy atom. The van der Waals surface area contributed by atoms with Crippen molar-refractivity contribution in [2.24, 2.45) is 0 Å². The van der Waals surface area contributed by atoms with Crippen LogP contribution in [-0.4, -0.2) is 15.6 Å². The lowest BCUT2D eigenvalue weighted by molar-refractivity contribution is 0.630. The molecule has 0 radical (unpaired) electrons. The quantitative estimate of drug-likeness (QED) is 0.885. The van der Waals surface area contributed by atoms with Crippen LogP contribution in [0.1, 0.15) is 44.2 Å². The maximum Gasteiger partial charge on any atom is 0.203 e. The van der Waals surface area contributed by atoms with E-state index in [0.717, 1.165) is 10.4 Å². The van der Waals surface area contributed by atoms with Gasteiger partial charge in [0, 0.05) is 22.9 Å². The summed E-state index contributed by atoms with van der Waals surface area (Å²) in [6.45, 7) is 2.21. The van der Waals surface area contributed by atoms with Crippen molar-refractivity contribution in [3.05, 3.63) is 46.7 Å². The van der Waals surface area contributed by atoms with Gasteiger partial charge in [0.1, 0.15) is 0 Å². The van der Waals surface area contributed by atoms with E-state index in [1.807, 2.05) is 6.20 Å². The third-order valence-electron chi connectivity index (χ3n) is 4.13. The number of hydrogen-bond donors (Lipinski definition) is 1. The molecule has 20 heavy (non-hydrogen) atoms. The van der Waals surface area contributed by atoms with Gasteiger partial charge in [-0.15, -0.1) is 0 Å². The van der Waals surface area contributed by atoms with Gasteiger partial charge in [0.15, 0.2) is 0 Å². The fourth-order valence-corrected chi connectivity index (χ4v) is 3.16. The van der Waals surface area contributed by atoms with Gasteiger partial charge in [-0.05, 0) is 37.5 Å². The summed E-state index contributed by atoms with van der Waals surface area (Å²) in [5.41, 5.74) is 1.29. The normalized spacial score (nSPS) is 17.3. The minimum atomic E-state index is 0.287. The lowest BCUT2D eigenvalue weighted by Gasteiger charge is -2.20. The third-order valence-corrected chi connectivity index (χ3v) is 4.66. The zero-order valence-electron chi connectivity index (χ0n) is 11.7. The Kier molecular flexibility index (Phi) is 4.10. The molecule has 0 amide bonds. The first kappa shape index (κ1) is 13.7. The monoisotopic (exact) mass is 333 g/mol. The van der Waals surface area contributed by atoms with E-state index in [2.05, 4.69) is 68.2 Å². The van der Waals surface area contributed by atoms with Crippen LogP contribution in [0, 0.1) is 0 Å². The smallest absolute Gasteiger partial charge is 0.203 e. The molecule has 1 saturated carbocycles. The molecule has 1 aliphatic carbocycles. The number of anilines is 1. The first-order chi connectivity index (χ1) is 9.74. The fourth-order valence-electron chi connectivity index (χ4n) is 2.89. The molecule has 1 N–H and O–H groups in total. The number of imidazole rings is 1. The first-order valence-electron chi connectivity index (χ1n) is 7.29. The van der Waals surface area contributed by atoms with Crippen molar-refractivity contribution in [1.29, 1.82) is 0 Å². The number of nitrogens with one attached hydrogen (secondary N) is 1. The molecule has 0 aliphatic heterocycles. The molecule has 1 heterocycles. The first-order valence-corrected chi connectivity index (χ1v) is 8.08. The predicted octanol–water partition coefficient (Wildman–Crippen LogP) is 4.61. The van der Waals surface area contributed by atoms with Gasteiger partial charge < -0.3 is 9.88 Å². The van der Waals surface area contributed by atoms with Gasteiger partial charge in [0.2, 0.25) is 5.95 Å². The standard InChI is InChI=1S/C16H20BrN3/c1-12(13-6-8-14(17)9-7-13)20-11-10-18-16(20)19-15-4-2-3-5-15/h6-12,15H,2-5H2,1H3,(H,18,19). The predicted molar refractivity (Wildman–Crippen MR) is 86.1 cm³/mol. The highest BCUT2D eigenvalue weighted by Gasteiger charge is 2.18. The molecule has 1 atom stereocenters. The molecule has 1 fully saturated rings. The van der Waals surface area contributed by atoms with Gasteiger partial charge in [-0.1, -0.05) is 40.9 Å². The summed E-state index contributed by atoms with van der Waals surface area (Å²) < 4.78 is 3.34. The molecule has 2 aromatic rings. The van der Waals surface area contributed by atoms with Crippen molar-refractivity contribution in [3.8, 4) is 0 Å². The highest BCUT2D eigenvalue weighted by atomic mass is 79.9. The van der Waals surface area contributed by atoms with Gasteiger partial charge in [-0.2, -0.15) is 0 Å². The summed E-state index contributed by atoms with van der Waals surface area (Å²) >= 11 is 3.48. The summed E-state index contributed by atoms with van der Waals surface area (Å²) in [5.74, 6) is 0.993. The number of aromatic nitrogens is 2. The van der Waals surface area contributed by atoms with E-state index < -0.39 is 0 Å². The molecule has 1 aromatic heterocycles. The zero-order valence-corrected chi connectivity index (χ0v) is 13.3. The van der Waals surface area contributed by atoms with E-state index in [4.69, 9.17) is 0 Å². The SMILES string of the molecule is CC(c1ccc(Br)cc1)n1ccnc1NC1CCCC1. The second-order valence-electron chi connectivity index (χ2n) is 5.51. The van der Waals surface area contributed by atoms with Gasteiger partial charge in [-0.3, -0.25) is 0 Å². The van der Waals surface area contributed by atoms with Crippen LogP contribution in [0.4, 0.5) is 5.95 Å². The Labute approximate surface area is 128 Å². The van der Waals surface area contributed by atoms with E-state index in [0.29, 0.717) is 6.04 Å². The number of hydrogen-bond acceptors (Lipinski definition) is 2. The van der Waals surface area contributed by atoms with Crippen LogP contribution in [0.2, 0.25) is 0 Å². The van der Waals surface area contributed by atoms with Crippen LogP contribution in [0.25, 0.3) is 0 Å². The van der Waals surface area contributed by atoms with Gasteiger partial charge in [0.25, 0.3) is 0 Å². The summed E-state index contributed by atoms with van der Waals surface area (Å²) in [7, 11) is 0. The van der Waals surface area contributed by atoms with Crippen LogP contribution in [-0.2, 0) is 0 Å². The van der Waals surface area contributed by atoms with Crippen molar-refractivity contribution in [3.63, 3.8) is 0 Å². The highest BCUT2D eigenvalue weighted by molar-refractivity contribution is 9.10. The minimum absolute atomic E-state index is 0.287. The lowest BCUT2D eigenvalue weighted by atomic mass is 10.1.